The van der Waals surface area contributed by atoms with Crippen LogP contribution < -0.4 is 10.6 Å². The zero-order valence-electron chi connectivity index (χ0n) is 9.13. The molecule has 0 atom stereocenters. The number of carbonyl (C=O) groups is 1. The van der Waals surface area contributed by atoms with Gasteiger partial charge in [-0.2, -0.15) is 5.10 Å². The van der Waals surface area contributed by atoms with Crippen molar-refractivity contribution in [3.8, 4) is 0 Å². The van der Waals surface area contributed by atoms with Gasteiger partial charge in [-0.05, 0) is 11.6 Å². The summed E-state index contributed by atoms with van der Waals surface area (Å²) in [4.78, 5) is 11.9. The van der Waals surface area contributed by atoms with Crippen molar-refractivity contribution < 1.29 is 4.79 Å². The van der Waals surface area contributed by atoms with E-state index in [1.165, 1.54) is 0 Å². The Morgan fingerprint density at radius 2 is 2.39 bits per heavy atom. The summed E-state index contributed by atoms with van der Waals surface area (Å²) in [5, 5.41) is 17.6. The standard InChI is InChI=1S/C9H9ClN6OS/c10-9-15-14-8(18-9)7(17)13-6-1-2-12-16(6)5-3-11-4-5/h1-2,5,11H,3-4H2,(H,13,17). The van der Waals surface area contributed by atoms with Crippen LogP contribution in [0.3, 0.4) is 0 Å². The van der Waals surface area contributed by atoms with Crippen molar-refractivity contribution in [2.24, 2.45) is 0 Å². The van der Waals surface area contributed by atoms with Gasteiger partial charge in [-0.3, -0.25) is 4.79 Å². The highest BCUT2D eigenvalue weighted by molar-refractivity contribution is 7.17. The summed E-state index contributed by atoms with van der Waals surface area (Å²) in [6.07, 6.45) is 1.65. The monoisotopic (exact) mass is 284 g/mol. The molecule has 3 rings (SSSR count). The second-order valence-electron chi connectivity index (χ2n) is 3.79. The van der Waals surface area contributed by atoms with E-state index in [4.69, 9.17) is 11.6 Å². The zero-order chi connectivity index (χ0) is 12.5. The molecule has 1 amide bonds. The molecule has 0 spiro atoms. The topological polar surface area (TPSA) is 84.7 Å². The van der Waals surface area contributed by atoms with Crippen molar-refractivity contribution in [1.82, 2.24) is 25.3 Å². The molecule has 1 saturated heterocycles. The molecule has 3 heterocycles. The maximum absolute atomic E-state index is 11.9. The average molecular weight is 285 g/mol. The second-order valence-corrected chi connectivity index (χ2v) is 5.35. The molecule has 9 heteroatoms. The highest BCUT2D eigenvalue weighted by Gasteiger charge is 2.23. The van der Waals surface area contributed by atoms with Gasteiger partial charge in [-0.25, -0.2) is 4.68 Å². The first-order valence-electron chi connectivity index (χ1n) is 5.28. The first-order chi connectivity index (χ1) is 8.74. The Morgan fingerprint density at radius 1 is 1.56 bits per heavy atom. The maximum atomic E-state index is 11.9. The van der Waals surface area contributed by atoms with Crippen LogP contribution in [-0.4, -0.2) is 39.0 Å². The number of rotatable bonds is 3. The van der Waals surface area contributed by atoms with Gasteiger partial charge in [0.25, 0.3) is 5.91 Å². The number of hydrogen-bond donors (Lipinski definition) is 2. The van der Waals surface area contributed by atoms with E-state index >= 15 is 0 Å². The van der Waals surface area contributed by atoms with Crippen molar-refractivity contribution in [3.63, 3.8) is 0 Å². The van der Waals surface area contributed by atoms with Crippen molar-refractivity contribution in [1.29, 1.82) is 0 Å². The van der Waals surface area contributed by atoms with Crippen molar-refractivity contribution >= 4 is 34.7 Å². The van der Waals surface area contributed by atoms with Gasteiger partial charge in [0, 0.05) is 19.2 Å². The Labute approximate surface area is 111 Å². The Bertz CT molecular complexity index is 577. The number of nitrogens with one attached hydrogen (secondary N) is 2. The van der Waals surface area contributed by atoms with Gasteiger partial charge in [0.2, 0.25) is 9.47 Å². The number of amides is 1. The molecule has 1 fully saturated rings. The maximum Gasteiger partial charge on any atom is 0.287 e. The van der Waals surface area contributed by atoms with E-state index in [0.29, 0.717) is 5.82 Å². The quantitative estimate of drug-likeness (QED) is 0.870. The van der Waals surface area contributed by atoms with Crippen LogP contribution >= 0.6 is 22.9 Å². The summed E-state index contributed by atoms with van der Waals surface area (Å²) in [6.45, 7) is 1.71. The second kappa shape index (κ2) is 4.63. The van der Waals surface area contributed by atoms with Crippen LogP contribution in [0.2, 0.25) is 4.47 Å². The molecule has 1 aliphatic rings. The summed E-state index contributed by atoms with van der Waals surface area (Å²) in [5.41, 5.74) is 0. The molecule has 2 aromatic heterocycles. The minimum Gasteiger partial charge on any atom is -0.312 e. The number of halogens is 1. The van der Waals surface area contributed by atoms with Crippen molar-refractivity contribution in [2.45, 2.75) is 6.04 Å². The lowest BCUT2D eigenvalue weighted by Gasteiger charge is -2.28. The Balaban J connectivity index is 1.76. The molecule has 1 aliphatic heterocycles. The van der Waals surface area contributed by atoms with Crippen LogP contribution in [0.5, 0.6) is 0 Å². The molecule has 0 radical (unpaired) electrons. The number of hydrogen-bond acceptors (Lipinski definition) is 6. The van der Waals surface area contributed by atoms with Crippen molar-refractivity contribution in [3.05, 3.63) is 21.7 Å². The lowest BCUT2D eigenvalue weighted by Crippen LogP contribution is -2.44. The molecule has 7 nitrogen and oxygen atoms in total. The van der Waals surface area contributed by atoms with E-state index in [9.17, 15) is 4.79 Å². The number of aromatic nitrogens is 4. The van der Waals surface area contributed by atoms with Crippen LogP contribution in [0.15, 0.2) is 12.3 Å². The molecule has 2 aromatic rings. The average Bonchev–Trinajstić information content (AvgIpc) is 2.86. The van der Waals surface area contributed by atoms with E-state index < -0.39 is 0 Å². The van der Waals surface area contributed by atoms with Crippen molar-refractivity contribution in [2.75, 3.05) is 18.4 Å². The largest absolute Gasteiger partial charge is 0.312 e. The fourth-order valence-corrected chi connectivity index (χ4v) is 2.34. The molecule has 0 aliphatic carbocycles. The predicted molar refractivity (Wildman–Crippen MR) is 67.0 cm³/mol. The molecule has 0 bridgehead atoms. The Morgan fingerprint density at radius 3 is 3.00 bits per heavy atom. The lowest BCUT2D eigenvalue weighted by molar-refractivity contribution is 0.102. The Hall–Kier alpha value is -1.51. The normalized spacial score (nSPS) is 15.4. The van der Waals surface area contributed by atoms with Gasteiger partial charge >= 0.3 is 0 Å². The predicted octanol–water partition coefficient (Wildman–Crippen LogP) is 0.785. The fourth-order valence-electron chi connectivity index (χ4n) is 1.62. The fraction of sp³-hybridized carbons (Fsp3) is 0.333. The van der Waals surface area contributed by atoms with Crippen LogP contribution in [0.4, 0.5) is 5.82 Å². The minimum absolute atomic E-state index is 0.236. The molecule has 0 saturated carbocycles. The van der Waals surface area contributed by atoms with Crippen LogP contribution in [0.1, 0.15) is 15.8 Å². The highest BCUT2D eigenvalue weighted by atomic mass is 35.5. The van der Waals surface area contributed by atoms with E-state index in [-0.39, 0.29) is 21.4 Å². The SMILES string of the molecule is O=C(Nc1ccnn1C1CNC1)c1nnc(Cl)s1. The molecule has 0 aromatic carbocycles. The van der Waals surface area contributed by atoms with E-state index in [1.807, 2.05) is 0 Å². The molecule has 0 unspecified atom stereocenters. The summed E-state index contributed by atoms with van der Waals surface area (Å²) in [5.74, 6) is 0.325. The van der Waals surface area contributed by atoms with Gasteiger partial charge in [0.1, 0.15) is 5.82 Å². The molecule has 94 valence electrons. The first kappa shape index (κ1) is 11.6. The van der Waals surface area contributed by atoms with Crippen LogP contribution in [-0.2, 0) is 0 Å². The van der Waals surface area contributed by atoms with Gasteiger partial charge < -0.3 is 10.6 Å². The Kier molecular flexibility index (Phi) is 2.98. The molecular formula is C9H9ClN6OS. The molecular weight excluding hydrogens is 276 g/mol. The minimum atomic E-state index is -0.326. The number of nitrogens with zero attached hydrogens (tertiary/aromatic N) is 4. The molecule has 2 N–H and O–H groups in total. The third-order valence-electron chi connectivity index (χ3n) is 2.61. The van der Waals surface area contributed by atoms with E-state index in [1.54, 1.807) is 16.9 Å². The number of anilines is 1. The van der Waals surface area contributed by atoms with Gasteiger partial charge in [0.15, 0.2) is 0 Å². The third kappa shape index (κ3) is 2.09. The van der Waals surface area contributed by atoms with Gasteiger partial charge in [-0.1, -0.05) is 11.3 Å². The lowest BCUT2D eigenvalue weighted by atomic mass is 10.2. The molecule has 18 heavy (non-hydrogen) atoms. The summed E-state index contributed by atoms with van der Waals surface area (Å²) >= 11 is 6.68. The summed E-state index contributed by atoms with van der Waals surface area (Å²) in [7, 11) is 0. The summed E-state index contributed by atoms with van der Waals surface area (Å²) in [6, 6.07) is 2.03. The van der Waals surface area contributed by atoms with E-state index in [2.05, 4.69) is 25.9 Å². The summed E-state index contributed by atoms with van der Waals surface area (Å²) < 4.78 is 2.04. The number of carbonyl (C=O) groups excluding carboxylic acids is 1. The first-order valence-corrected chi connectivity index (χ1v) is 6.48. The van der Waals surface area contributed by atoms with Crippen LogP contribution in [0.25, 0.3) is 0 Å². The third-order valence-corrected chi connectivity index (χ3v) is 3.63. The smallest absolute Gasteiger partial charge is 0.287 e. The van der Waals surface area contributed by atoms with Gasteiger partial charge in [0.05, 0.1) is 12.2 Å². The van der Waals surface area contributed by atoms with Crippen LogP contribution in [0, 0.1) is 0 Å². The van der Waals surface area contributed by atoms with Gasteiger partial charge in [-0.15, -0.1) is 10.2 Å². The van der Waals surface area contributed by atoms with E-state index in [0.717, 1.165) is 24.4 Å². The zero-order valence-corrected chi connectivity index (χ0v) is 10.7. The highest BCUT2D eigenvalue weighted by Crippen LogP contribution is 2.20.